The summed E-state index contributed by atoms with van der Waals surface area (Å²) in [6.45, 7) is 5.76. The zero-order valence-corrected chi connectivity index (χ0v) is 10.3. The summed E-state index contributed by atoms with van der Waals surface area (Å²) in [6, 6.07) is 0.413. The molecule has 1 aliphatic carbocycles. The van der Waals surface area contributed by atoms with Crippen molar-refractivity contribution in [2.45, 2.75) is 45.6 Å². The first kappa shape index (κ1) is 12.5. The van der Waals surface area contributed by atoms with E-state index in [1.807, 2.05) is 11.9 Å². The second-order valence-corrected chi connectivity index (χ2v) is 4.77. The maximum atomic E-state index is 11.7. The van der Waals surface area contributed by atoms with Crippen molar-refractivity contribution in [3.05, 3.63) is 0 Å². The average Bonchev–Trinajstić information content (AvgIpc) is 2.21. The van der Waals surface area contributed by atoms with E-state index < -0.39 is 0 Å². The van der Waals surface area contributed by atoms with Crippen molar-refractivity contribution < 1.29 is 4.79 Å². The number of amides is 1. The van der Waals surface area contributed by atoms with Crippen molar-refractivity contribution in [1.82, 2.24) is 10.2 Å². The molecule has 1 saturated carbocycles. The van der Waals surface area contributed by atoms with Crippen LogP contribution >= 0.6 is 0 Å². The van der Waals surface area contributed by atoms with E-state index in [4.69, 9.17) is 0 Å². The molecular weight excluding hydrogens is 188 g/mol. The molecule has 0 spiro atoms. The summed E-state index contributed by atoms with van der Waals surface area (Å²) in [5, 5.41) is 3.15. The molecule has 0 aromatic heterocycles. The van der Waals surface area contributed by atoms with Crippen molar-refractivity contribution >= 4 is 5.91 Å². The van der Waals surface area contributed by atoms with E-state index in [9.17, 15) is 4.79 Å². The number of likely N-dealkylation sites (N-methyl/N-ethyl adjacent to an activating group) is 1. The van der Waals surface area contributed by atoms with E-state index in [1.165, 1.54) is 19.3 Å². The van der Waals surface area contributed by atoms with Crippen molar-refractivity contribution in [2.24, 2.45) is 5.92 Å². The predicted molar refractivity (Wildman–Crippen MR) is 62.7 cm³/mol. The van der Waals surface area contributed by atoms with Crippen LogP contribution in [0.25, 0.3) is 0 Å². The first-order chi connectivity index (χ1) is 7.13. The Labute approximate surface area is 93.2 Å². The lowest BCUT2D eigenvalue weighted by molar-refractivity contribution is -0.123. The number of carbonyl (C=O) groups is 1. The summed E-state index contributed by atoms with van der Waals surface area (Å²) in [7, 11) is 1.98. The molecule has 0 aliphatic heterocycles. The smallest absolute Gasteiger partial charge is 0.234 e. The third-order valence-electron chi connectivity index (χ3n) is 3.41. The summed E-state index contributed by atoms with van der Waals surface area (Å²) in [4.78, 5) is 13.7. The van der Waals surface area contributed by atoms with Crippen LogP contribution in [0.3, 0.4) is 0 Å². The van der Waals surface area contributed by atoms with Gasteiger partial charge in [0, 0.05) is 6.04 Å². The fourth-order valence-corrected chi connectivity index (χ4v) is 2.14. The molecule has 1 fully saturated rings. The maximum Gasteiger partial charge on any atom is 0.234 e. The molecule has 1 rings (SSSR count). The first-order valence-corrected chi connectivity index (χ1v) is 6.11. The van der Waals surface area contributed by atoms with Gasteiger partial charge in [-0.1, -0.05) is 26.7 Å². The Balaban J connectivity index is 2.29. The molecular formula is C12H24N2O. The van der Waals surface area contributed by atoms with Crippen LogP contribution in [0.5, 0.6) is 0 Å². The number of nitrogens with one attached hydrogen (secondary N) is 1. The molecule has 0 heterocycles. The van der Waals surface area contributed by atoms with E-state index in [2.05, 4.69) is 19.2 Å². The van der Waals surface area contributed by atoms with Crippen molar-refractivity contribution in [3.8, 4) is 0 Å². The third kappa shape index (κ3) is 4.20. The molecule has 1 amide bonds. The Bertz CT molecular complexity index is 206. The van der Waals surface area contributed by atoms with Gasteiger partial charge >= 0.3 is 0 Å². The molecule has 88 valence electrons. The lowest BCUT2D eigenvalue weighted by Crippen LogP contribution is -2.45. The van der Waals surface area contributed by atoms with Gasteiger partial charge in [-0.3, -0.25) is 9.69 Å². The highest BCUT2D eigenvalue weighted by Crippen LogP contribution is 2.23. The molecule has 2 unspecified atom stereocenters. The third-order valence-corrected chi connectivity index (χ3v) is 3.41. The van der Waals surface area contributed by atoms with Crippen LogP contribution < -0.4 is 5.32 Å². The Kier molecular flexibility index (Phi) is 5.09. The lowest BCUT2D eigenvalue weighted by atomic mass is 9.86. The maximum absolute atomic E-state index is 11.7. The minimum absolute atomic E-state index is 0.179. The number of hydrogen-bond donors (Lipinski definition) is 1. The SMILES string of the molecule is CCN(C)CC(=O)NC1CCCCC1C. The highest BCUT2D eigenvalue weighted by atomic mass is 16.2. The molecule has 0 aromatic rings. The molecule has 2 atom stereocenters. The highest BCUT2D eigenvalue weighted by Gasteiger charge is 2.22. The number of nitrogens with zero attached hydrogens (tertiary/aromatic N) is 1. The molecule has 0 radical (unpaired) electrons. The van der Waals surface area contributed by atoms with Crippen LogP contribution in [-0.4, -0.2) is 37.0 Å². The Morgan fingerprint density at radius 2 is 2.07 bits per heavy atom. The Morgan fingerprint density at radius 1 is 1.40 bits per heavy atom. The van der Waals surface area contributed by atoms with E-state index in [-0.39, 0.29) is 5.91 Å². The van der Waals surface area contributed by atoms with Gasteiger partial charge in [-0.05, 0) is 32.4 Å². The van der Waals surface area contributed by atoms with Crippen molar-refractivity contribution in [2.75, 3.05) is 20.1 Å². The van der Waals surface area contributed by atoms with Gasteiger partial charge in [-0.2, -0.15) is 0 Å². The molecule has 1 N–H and O–H groups in total. The van der Waals surface area contributed by atoms with Gasteiger partial charge in [0.25, 0.3) is 0 Å². The average molecular weight is 212 g/mol. The largest absolute Gasteiger partial charge is 0.352 e. The molecule has 0 aromatic carbocycles. The van der Waals surface area contributed by atoms with Gasteiger partial charge < -0.3 is 5.32 Å². The molecule has 0 bridgehead atoms. The van der Waals surface area contributed by atoms with Crippen LogP contribution in [0.15, 0.2) is 0 Å². The van der Waals surface area contributed by atoms with Gasteiger partial charge in [-0.25, -0.2) is 0 Å². The zero-order chi connectivity index (χ0) is 11.3. The van der Waals surface area contributed by atoms with Gasteiger partial charge in [-0.15, -0.1) is 0 Å². The van der Waals surface area contributed by atoms with Crippen LogP contribution in [0.4, 0.5) is 0 Å². The van der Waals surface area contributed by atoms with Gasteiger partial charge in [0.1, 0.15) is 0 Å². The summed E-state index contributed by atoms with van der Waals surface area (Å²) in [6.07, 6.45) is 5.00. The Morgan fingerprint density at radius 3 is 2.67 bits per heavy atom. The molecule has 15 heavy (non-hydrogen) atoms. The van der Waals surface area contributed by atoms with E-state index >= 15 is 0 Å². The standard InChI is InChI=1S/C12H24N2O/c1-4-14(3)9-12(15)13-11-8-6-5-7-10(11)2/h10-11H,4-9H2,1-3H3,(H,13,15). The molecule has 0 saturated heterocycles. The van der Waals surface area contributed by atoms with E-state index in [0.717, 1.165) is 13.0 Å². The summed E-state index contributed by atoms with van der Waals surface area (Å²) in [5.74, 6) is 0.827. The molecule has 3 heteroatoms. The van der Waals surface area contributed by atoms with Crippen LogP contribution in [0.2, 0.25) is 0 Å². The van der Waals surface area contributed by atoms with E-state index in [1.54, 1.807) is 0 Å². The minimum atomic E-state index is 0.179. The Hall–Kier alpha value is -0.570. The number of carbonyl (C=O) groups excluding carboxylic acids is 1. The van der Waals surface area contributed by atoms with Crippen LogP contribution in [0, 0.1) is 5.92 Å². The van der Waals surface area contributed by atoms with E-state index in [0.29, 0.717) is 18.5 Å². The topological polar surface area (TPSA) is 32.3 Å². The second kappa shape index (κ2) is 6.11. The van der Waals surface area contributed by atoms with Gasteiger partial charge in [0.15, 0.2) is 0 Å². The number of hydrogen-bond acceptors (Lipinski definition) is 2. The predicted octanol–water partition coefficient (Wildman–Crippen LogP) is 1.63. The summed E-state index contributed by atoms with van der Waals surface area (Å²) >= 11 is 0. The highest BCUT2D eigenvalue weighted by molar-refractivity contribution is 5.78. The van der Waals surface area contributed by atoms with Gasteiger partial charge in [0.05, 0.1) is 6.54 Å². The first-order valence-electron chi connectivity index (χ1n) is 6.11. The summed E-state index contributed by atoms with van der Waals surface area (Å²) in [5.41, 5.74) is 0. The van der Waals surface area contributed by atoms with Crippen LogP contribution in [0.1, 0.15) is 39.5 Å². The fraction of sp³-hybridized carbons (Fsp3) is 0.917. The minimum Gasteiger partial charge on any atom is -0.352 e. The number of rotatable bonds is 4. The molecule has 3 nitrogen and oxygen atoms in total. The monoisotopic (exact) mass is 212 g/mol. The van der Waals surface area contributed by atoms with Crippen molar-refractivity contribution in [1.29, 1.82) is 0 Å². The van der Waals surface area contributed by atoms with Gasteiger partial charge in [0.2, 0.25) is 5.91 Å². The summed E-state index contributed by atoms with van der Waals surface area (Å²) < 4.78 is 0. The van der Waals surface area contributed by atoms with Crippen molar-refractivity contribution in [3.63, 3.8) is 0 Å². The normalized spacial score (nSPS) is 26.7. The zero-order valence-electron chi connectivity index (χ0n) is 10.3. The lowest BCUT2D eigenvalue weighted by Gasteiger charge is -2.30. The molecule has 1 aliphatic rings. The van der Waals surface area contributed by atoms with Crippen LogP contribution in [-0.2, 0) is 4.79 Å². The quantitative estimate of drug-likeness (QED) is 0.768. The second-order valence-electron chi connectivity index (χ2n) is 4.77. The fourth-order valence-electron chi connectivity index (χ4n) is 2.14.